The van der Waals surface area contributed by atoms with Gasteiger partial charge in [-0.1, -0.05) is 49.2 Å². The van der Waals surface area contributed by atoms with E-state index >= 15 is 0 Å². The van der Waals surface area contributed by atoms with E-state index in [1.807, 2.05) is 0 Å². The lowest BCUT2D eigenvalue weighted by molar-refractivity contribution is 0.297. The van der Waals surface area contributed by atoms with Crippen molar-refractivity contribution in [2.75, 3.05) is 13.2 Å². The standard InChI is InChI=1S/C17H22Cl2O2/c1-17(2,15-11(7-9-20)3-5-13(15)18)16-12(8-10-21)4-6-14(16)19/h3-4,20-21H,5-10H2,1-2H3. The third kappa shape index (κ3) is 3.14. The van der Waals surface area contributed by atoms with Gasteiger partial charge in [-0.25, -0.2) is 0 Å². The van der Waals surface area contributed by atoms with Crippen LogP contribution in [0.1, 0.15) is 39.5 Å². The fourth-order valence-electron chi connectivity index (χ4n) is 3.48. The summed E-state index contributed by atoms with van der Waals surface area (Å²) in [6.45, 7) is 4.47. The maximum atomic E-state index is 9.26. The first kappa shape index (κ1) is 16.8. The van der Waals surface area contributed by atoms with Crippen LogP contribution in [0.5, 0.6) is 0 Å². The van der Waals surface area contributed by atoms with Crippen LogP contribution in [0.4, 0.5) is 0 Å². The molecule has 2 N–H and O–H groups in total. The summed E-state index contributed by atoms with van der Waals surface area (Å²) < 4.78 is 0. The van der Waals surface area contributed by atoms with Crippen molar-refractivity contribution in [3.8, 4) is 0 Å². The van der Waals surface area contributed by atoms with Crippen LogP contribution in [-0.2, 0) is 0 Å². The van der Waals surface area contributed by atoms with Crippen molar-refractivity contribution in [3.63, 3.8) is 0 Å². The van der Waals surface area contributed by atoms with E-state index in [9.17, 15) is 10.2 Å². The van der Waals surface area contributed by atoms with Crippen molar-refractivity contribution in [2.45, 2.75) is 39.5 Å². The summed E-state index contributed by atoms with van der Waals surface area (Å²) in [5, 5.41) is 20.2. The lowest BCUT2D eigenvalue weighted by atomic mass is 9.72. The maximum absolute atomic E-state index is 9.26. The van der Waals surface area contributed by atoms with Gasteiger partial charge in [0.1, 0.15) is 0 Å². The number of halogens is 2. The Morgan fingerprint density at radius 2 is 1.29 bits per heavy atom. The van der Waals surface area contributed by atoms with Crippen LogP contribution in [-0.4, -0.2) is 23.4 Å². The van der Waals surface area contributed by atoms with Gasteiger partial charge >= 0.3 is 0 Å². The minimum atomic E-state index is -0.316. The number of hydrogen-bond donors (Lipinski definition) is 2. The van der Waals surface area contributed by atoms with Crippen molar-refractivity contribution in [1.29, 1.82) is 0 Å². The molecule has 0 saturated heterocycles. The molecule has 0 bridgehead atoms. The van der Waals surface area contributed by atoms with Crippen LogP contribution in [0.25, 0.3) is 0 Å². The molecule has 0 spiro atoms. The van der Waals surface area contributed by atoms with Crippen molar-refractivity contribution < 1.29 is 10.2 Å². The molecule has 2 nitrogen and oxygen atoms in total. The monoisotopic (exact) mass is 328 g/mol. The Kier molecular flexibility index (Phi) is 5.37. The fourth-order valence-corrected chi connectivity index (χ4v) is 4.35. The molecule has 0 radical (unpaired) electrons. The topological polar surface area (TPSA) is 40.5 Å². The first-order valence-electron chi connectivity index (χ1n) is 7.32. The molecule has 0 aromatic heterocycles. The average Bonchev–Trinajstić information content (AvgIpc) is 2.95. The van der Waals surface area contributed by atoms with Gasteiger partial charge < -0.3 is 10.2 Å². The number of rotatable bonds is 6. The van der Waals surface area contributed by atoms with Crippen LogP contribution >= 0.6 is 23.2 Å². The quantitative estimate of drug-likeness (QED) is 0.757. The van der Waals surface area contributed by atoms with Crippen LogP contribution < -0.4 is 0 Å². The maximum Gasteiger partial charge on any atom is 0.0471 e. The minimum absolute atomic E-state index is 0.113. The van der Waals surface area contributed by atoms with Crippen molar-refractivity contribution >= 4 is 23.2 Å². The van der Waals surface area contributed by atoms with Gasteiger partial charge in [0.15, 0.2) is 0 Å². The van der Waals surface area contributed by atoms with E-state index in [-0.39, 0.29) is 18.6 Å². The number of aliphatic hydroxyl groups is 2. The third-order valence-corrected chi connectivity index (χ3v) is 4.94. The number of aliphatic hydroxyl groups excluding tert-OH is 2. The Morgan fingerprint density at radius 3 is 1.62 bits per heavy atom. The molecule has 2 rings (SSSR count). The zero-order chi connectivity index (χ0) is 15.6. The summed E-state index contributed by atoms with van der Waals surface area (Å²) in [5.41, 5.74) is 4.07. The molecular formula is C17H22Cl2O2. The predicted octanol–water partition coefficient (Wildman–Crippen LogP) is 4.42. The normalized spacial score (nSPS) is 19.5. The van der Waals surface area contributed by atoms with Gasteiger partial charge in [-0.15, -0.1) is 0 Å². The molecule has 116 valence electrons. The first-order valence-corrected chi connectivity index (χ1v) is 8.07. The lowest BCUT2D eigenvalue weighted by Crippen LogP contribution is -2.21. The molecule has 0 heterocycles. The smallest absolute Gasteiger partial charge is 0.0471 e. The zero-order valence-corrected chi connectivity index (χ0v) is 14.1. The Hall–Kier alpha value is -0.540. The van der Waals surface area contributed by atoms with E-state index in [1.165, 1.54) is 0 Å². The predicted molar refractivity (Wildman–Crippen MR) is 88.3 cm³/mol. The van der Waals surface area contributed by atoms with Gasteiger partial charge in [0, 0.05) is 41.5 Å². The SMILES string of the molecule is CC(C)(C1=C(Cl)CC=C1CCO)C1=C(Cl)CC=C1CCO. The van der Waals surface area contributed by atoms with Gasteiger partial charge in [-0.05, 0) is 35.1 Å². The summed E-state index contributed by atoms with van der Waals surface area (Å²) in [6, 6.07) is 0. The highest BCUT2D eigenvalue weighted by atomic mass is 35.5. The molecule has 21 heavy (non-hydrogen) atoms. The van der Waals surface area contributed by atoms with Crippen LogP contribution in [0.2, 0.25) is 0 Å². The summed E-state index contributed by atoms with van der Waals surface area (Å²) >= 11 is 12.9. The Bertz CT molecular complexity index is 503. The summed E-state index contributed by atoms with van der Waals surface area (Å²) in [7, 11) is 0. The molecule has 0 unspecified atom stereocenters. The van der Waals surface area contributed by atoms with E-state index in [4.69, 9.17) is 23.2 Å². The zero-order valence-electron chi connectivity index (χ0n) is 12.5. The molecule has 0 aromatic carbocycles. The van der Waals surface area contributed by atoms with Crippen LogP contribution in [0, 0.1) is 5.41 Å². The van der Waals surface area contributed by atoms with Crippen molar-refractivity contribution in [1.82, 2.24) is 0 Å². The highest BCUT2D eigenvalue weighted by Crippen LogP contribution is 2.52. The highest BCUT2D eigenvalue weighted by molar-refractivity contribution is 6.31. The second-order valence-electron chi connectivity index (χ2n) is 6.00. The second-order valence-corrected chi connectivity index (χ2v) is 6.91. The number of allylic oxidation sites excluding steroid dienone is 6. The first-order chi connectivity index (χ1) is 9.93. The fraction of sp³-hybridized carbons (Fsp3) is 0.529. The molecule has 0 atom stereocenters. The summed E-state index contributed by atoms with van der Waals surface area (Å²) in [5.74, 6) is 0. The van der Waals surface area contributed by atoms with E-state index in [0.29, 0.717) is 12.8 Å². The Morgan fingerprint density at radius 1 is 0.905 bits per heavy atom. The van der Waals surface area contributed by atoms with E-state index in [2.05, 4.69) is 26.0 Å². The molecule has 2 aliphatic carbocycles. The second kappa shape index (κ2) is 6.70. The van der Waals surface area contributed by atoms with E-state index < -0.39 is 0 Å². The molecular weight excluding hydrogens is 307 g/mol. The molecule has 4 heteroatoms. The summed E-state index contributed by atoms with van der Waals surface area (Å²) in [6.07, 6.45) is 6.85. The molecule has 2 aliphatic rings. The highest BCUT2D eigenvalue weighted by Gasteiger charge is 2.38. The summed E-state index contributed by atoms with van der Waals surface area (Å²) in [4.78, 5) is 0. The third-order valence-electron chi connectivity index (χ3n) is 4.25. The van der Waals surface area contributed by atoms with Gasteiger partial charge in [-0.3, -0.25) is 0 Å². The van der Waals surface area contributed by atoms with E-state index in [0.717, 1.165) is 45.2 Å². The van der Waals surface area contributed by atoms with Crippen molar-refractivity contribution in [2.24, 2.45) is 5.41 Å². The lowest BCUT2D eigenvalue weighted by Gasteiger charge is -2.33. The van der Waals surface area contributed by atoms with Gasteiger partial charge in [0.05, 0.1) is 0 Å². The molecule has 0 aliphatic heterocycles. The van der Waals surface area contributed by atoms with Crippen LogP contribution in [0.3, 0.4) is 0 Å². The Labute approximate surface area is 136 Å². The van der Waals surface area contributed by atoms with Crippen molar-refractivity contribution in [3.05, 3.63) is 44.5 Å². The minimum Gasteiger partial charge on any atom is -0.396 e. The molecule has 0 aromatic rings. The molecule has 0 fully saturated rings. The van der Waals surface area contributed by atoms with Gasteiger partial charge in [-0.2, -0.15) is 0 Å². The molecule has 0 amide bonds. The Balaban J connectivity index is 2.42. The largest absolute Gasteiger partial charge is 0.396 e. The van der Waals surface area contributed by atoms with Gasteiger partial charge in [0.2, 0.25) is 0 Å². The van der Waals surface area contributed by atoms with E-state index in [1.54, 1.807) is 0 Å². The number of hydrogen-bond acceptors (Lipinski definition) is 2. The molecule has 0 saturated carbocycles. The average molecular weight is 329 g/mol. The van der Waals surface area contributed by atoms with Gasteiger partial charge in [0.25, 0.3) is 0 Å². The van der Waals surface area contributed by atoms with Crippen LogP contribution in [0.15, 0.2) is 44.5 Å².